The fourth-order valence-electron chi connectivity index (χ4n) is 1.50. The molecule has 7 nitrogen and oxygen atoms in total. The van der Waals surface area contributed by atoms with Crippen LogP contribution in [0.5, 0.6) is 0 Å². The topological polar surface area (TPSA) is 97.6 Å². The molecule has 1 aromatic rings. The summed E-state index contributed by atoms with van der Waals surface area (Å²) < 4.78 is 36.6. The van der Waals surface area contributed by atoms with Gasteiger partial charge in [0.05, 0.1) is 7.11 Å². The van der Waals surface area contributed by atoms with Crippen molar-refractivity contribution in [3.8, 4) is 0 Å². The Bertz CT molecular complexity index is 564. The Labute approximate surface area is 118 Å². The van der Waals surface area contributed by atoms with Gasteiger partial charge in [0.2, 0.25) is 15.8 Å². The Hall–Kier alpha value is -1.38. The SMILES string of the molecule is CCc1oc(C(=O)OC)cc1S(=O)(=O)NCC(C)NC. The summed E-state index contributed by atoms with van der Waals surface area (Å²) >= 11 is 0. The molecule has 0 bridgehead atoms. The van der Waals surface area contributed by atoms with Gasteiger partial charge >= 0.3 is 5.97 Å². The fraction of sp³-hybridized carbons (Fsp3) is 0.583. The van der Waals surface area contributed by atoms with E-state index >= 15 is 0 Å². The van der Waals surface area contributed by atoms with Crippen molar-refractivity contribution < 1.29 is 22.4 Å². The Balaban J connectivity index is 3.04. The van der Waals surface area contributed by atoms with Crippen molar-refractivity contribution in [1.82, 2.24) is 10.0 Å². The summed E-state index contributed by atoms with van der Waals surface area (Å²) in [6.45, 7) is 3.83. The molecule has 114 valence electrons. The van der Waals surface area contributed by atoms with Crippen molar-refractivity contribution in [2.75, 3.05) is 20.7 Å². The summed E-state index contributed by atoms with van der Waals surface area (Å²) in [5.41, 5.74) is 0. The third-order valence-corrected chi connectivity index (χ3v) is 4.31. The summed E-state index contributed by atoms with van der Waals surface area (Å²) in [7, 11) is -0.775. The van der Waals surface area contributed by atoms with Crippen LogP contribution in [0.3, 0.4) is 0 Å². The lowest BCUT2D eigenvalue weighted by atomic mass is 10.3. The molecule has 0 aliphatic heterocycles. The maximum atomic E-state index is 12.2. The van der Waals surface area contributed by atoms with Crippen LogP contribution in [-0.4, -0.2) is 41.1 Å². The van der Waals surface area contributed by atoms with Crippen molar-refractivity contribution in [3.63, 3.8) is 0 Å². The Morgan fingerprint density at radius 3 is 2.65 bits per heavy atom. The molecule has 1 heterocycles. The third kappa shape index (κ3) is 3.81. The lowest BCUT2D eigenvalue weighted by molar-refractivity contribution is 0.0563. The third-order valence-electron chi connectivity index (χ3n) is 2.84. The van der Waals surface area contributed by atoms with E-state index in [1.165, 1.54) is 13.2 Å². The number of ether oxygens (including phenoxy) is 1. The van der Waals surface area contributed by atoms with E-state index in [-0.39, 0.29) is 29.0 Å². The van der Waals surface area contributed by atoms with Gasteiger partial charge in [-0.3, -0.25) is 0 Å². The van der Waals surface area contributed by atoms with Crippen LogP contribution in [0.1, 0.15) is 30.2 Å². The number of carbonyl (C=O) groups is 1. The lowest BCUT2D eigenvalue weighted by Gasteiger charge is -2.11. The number of sulfonamides is 1. The van der Waals surface area contributed by atoms with Crippen LogP contribution in [-0.2, 0) is 21.2 Å². The fourth-order valence-corrected chi connectivity index (χ4v) is 2.87. The van der Waals surface area contributed by atoms with E-state index in [1.54, 1.807) is 14.0 Å². The predicted octanol–water partition coefficient (Wildman–Crippen LogP) is 0.515. The maximum absolute atomic E-state index is 12.2. The smallest absolute Gasteiger partial charge is 0.373 e. The molecule has 2 N–H and O–H groups in total. The molecule has 1 aromatic heterocycles. The van der Waals surface area contributed by atoms with Crippen LogP contribution in [0, 0.1) is 0 Å². The highest BCUT2D eigenvalue weighted by Gasteiger charge is 2.25. The first-order valence-electron chi connectivity index (χ1n) is 6.23. The molecular formula is C12H20N2O5S. The van der Waals surface area contributed by atoms with Gasteiger partial charge in [-0.2, -0.15) is 0 Å². The minimum absolute atomic E-state index is 0.0122. The van der Waals surface area contributed by atoms with Crippen molar-refractivity contribution in [1.29, 1.82) is 0 Å². The van der Waals surface area contributed by atoms with Crippen molar-refractivity contribution in [2.45, 2.75) is 31.2 Å². The average Bonchev–Trinajstić information content (AvgIpc) is 2.89. The van der Waals surface area contributed by atoms with Crippen LogP contribution < -0.4 is 10.0 Å². The summed E-state index contributed by atoms with van der Waals surface area (Å²) in [6, 6.07) is 1.18. The number of aryl methyl sites for hydroxylation is 1. The number of nitrogens with one attached hydrogen (secondary N) is 2. The molecule has 0 saturated heterocycles. The van der Waals surface area contributed by atoms with Crippen LogP contribution in [0.15, 0.2) is 15.4 Å². The molecule has 0 aromatic carbocycles. The monoisotopic (exact) mass is 304 g/mol. The van der Waals surface area contributed by atoms with Gasteiger partial charge < -0.3 is 14.5 Å². The number of esters is 1. The Kier molecular flexibility index (Phi) is 5.73. The van der Waals surface area contributed by atoms with Crippen molar-refractivity contribution in [2.24, 2.45) is 0 Å². The zero-order chi connectivity index (χ0) is 15.3. The number of methoxy groups -OCH3 is 1. The molecule has 0 aliphatic rings. The number of hydrogen-bond donors (Lipinski definition) is 2. The lowest BCUT2D eigenvalue weighted by Crippen LogP contribution is -2.37. The van der Waals surface area contributed by atoms with Crippen LogP contribution in [0.25, 0.3) is 0 Å². The summed E-state index contributed by atoms with van der Waals surface area (Å²) in [4.78, 5) is 11.4. The van der Waals surface area contributed by atoms with Gasteiger partial charge in [-0.25, -0.2) is 17.9 Å². The Morgan fingerprint density at radius 2 is 2.15 bits per heavy atom. The van der Waals surface area contributed by atoms with Gasteiger partial charge in [-0.15, -0.1) is 0 Å². The van der Waals surface area contributed by atoms with Crippen LogP contribution in [0.2, 0.25) is 0 Å². The highest BCUT2D eigenvalue weighted by atomic mass is 32.2. The zero-order valence-corrected chi connectivity index (χ0v) is 12.8. The average molecular weight is 304 g/mol. The second kappa shape index (κ2) is 6.87. The van der Waals surface area contributed by atoms with E-state index in [0.717, 1.165) is 0 Å². The molecule has 0 spiro atoms. The second-order valence-corrected chi connectivity index (χ2v) is 6.02. The molecule has 1 atom stereocenters. The minimum atomic E-state index is -3.72. The van der Waals surface area contributed by atoms with E-state index in [9.17, 15) is 13.2 Å². The summed E-state index contributed by atoms with van der Waals surface area (Å²) in [5.74, 6) is -0.592. The van der Waals surface area contributed by atoms with E-state index in [1.807, 2.05) is 6.92 Å². The van der Waals surface area contributed by atoms with Gasteiger partial charge in [0.1, 0.15) is 10.7 Å². The number of furan rings is 1. The molecule has 0 amide bonds. The molecule has 0 radical (unpaired) electrons. The van der Waals surface area contributed by atoms with E-state index < -0.39 is 16.0 Å². The first-order chi connectivity index (χ1) is 9.35. The van der Waals surface area contributed by atoms with Gasteiger partial charge in [0.25, 0.3) is 0 Å². The minimum Gasteiger partial charge on any atom is -0.463 e. The zero-order valence-electron chi connectivity index (χ0n) is 12.0. The first kappa shape index (κ1) is 16.7. The molecule has 0 aliphatic carbocycles. The largest absolute Gasteiger partial charge is 0.463 e. The number of hydrogen-bond acceptors (Lipinski definition) is 6. The predicted molar refractivity (Wildman–Crippen MR) is 73.1 cm³/mol. The second-order valence-electron chi connectivity index (χ2n) is 4.28. The van der Waals surface area contributed by atoms with Gasteiger partial charge in [-0.05, 0) is 14.0 Å². The highest BCUT2D eigenvalue weighted by Crippen LogP contribution is 2.22. The van der Waals surface area contributed by atoms with E-state index in [4.69, 9.17) is 4.42 Å². The molecule has 1 rings (SSSR count). The molecule has 0 fully saturated rings. The van der Waals surface area contributed by atoms with Crippen molar-refractivity contribution >= 4 is 16.0 Å². The number of rotatable bonds is 7. The Morgan fingerprint density at radius 1 is 1.50 bits per heavy atom. The molecule has 1 unspecified atom stereocenters. The molecule has 20 heavy (non-hydrogen) atoms. The van der Waals surface area contributed by atoms with Crippen LogP contribution in [0.4, 0.5) is 0 Å². The normalized spacial score (nSPS) is 13.2. The van der Waals surface area contributed by atoms with Gasteiger partial charge in [0, 0.05) is 25.1 Å². The van der Waals surface area contributed by atoms with E-state index in [2.05, 4.69) is 14.8 Å². The highest BCUT2D eigenvalue weighted by molar-refractivity contribution is 7.89. The van der Waals surface area contributed by atoms with E-state index in [0.29, 0.717) is 6.42 Å². The van der Waals surface area contributed by atoms with Crippen LogP contribution >= 0.6 is 0 Å². The number of likely N-dealkylation sites (N-methyl/N-ethyl adjacent to an activating group) is 1. The van der Waals surface area contributed by atoms with Crippen molar-refractivity contribution in [3.05, 3.63) is 17.6 Å². The first-order valence-corrected chi connectivity index (χ1v) is 7.72. The molecular weight excluding hydrogens is 284 g/mol. The van der Waals surface area contributed by atoms with Gasteiger partial charge in [-0.1, -0.05) is 6.92 Å². The standard InChI is InChI=1S/C12H20N2O5S/c1-5-9-11(6-10(19-9)12(15)18-4)20(16,17)14-7-8(2)13-3/h6,8,13-14H,5,7H2,1-4H3. The summed E-state index contributed by atoms with van der Waals surface area (Å²) in [5, 5.41) is 2.93. The summed E-state index contributed by atoms with van der Waals surface area (Å²) in [6.07, 6.45) is 0.356. The molecule has 0 saturated carbocycles. The maximum Gasteiger partial charge on any atom is 0.373 e. The van der Waals surface area contributed by atoms with Gasteiger partial charge in [0.15, 0.2) is 0 Å². The number of carbonyl (C=O) groups excluding carboxylic acids is 1. The quantitative estimate of drug-likeness (QED) is 0.713. The molecule has 8 heteroatoms.